The lowest BCUT2D eigenvalue weighted by atomic mass is 10.3. The van der Waals surface area contributed by atoms with Gasteiger partial charge in [0, 0.05) is 12.2 Å². The summed E-state index contributed by atoms with van der Waals surface area (Å²) in [5, 5.41) is 2.60. The summed E-state index contributed by atoms with van der Waals surface area (Å²) < 4.78 is 2.06. The molecular formula is C10H11N3O. The number of aryl methyl sites for hydroxylation is 1. The highest BCUT2D eigenvalue weighted by Crippen LogP contribution is 2.17. The molecule has 0 saturated carbocycles. The van der Waals surface area contributed by atoms with E-state index in [0.29, 0.717) is 6.41 Å². The molecule has 0 aliphatic heterocycles. The number of aromatic nitrogens is 2. The van der Waals surface area contributed by atoms with E-state index in [4.69, 9.17) is 0 Å². The van der Waals surface area contributed by atoms with Gasteiger partial charge in [-0.25, -0.2) is 4.98 Å². The van der Waals surface area contributed by atoms with Crippen molar-refractivity contribution < 1.29 is 4.79 Å². The maximum absolute atomic E-state index is 10.2. The van der Waals surface area contributed by atoms with Gasteiger partial charge in [-0.3, -0.25) is 4.79 Å². The van der Waals surface area contributed by atoms with E-state index in [9.17, 15) is 4.79 Å². The van der Waals surface area contributed by atoms with Crippen molar-refractivity contribution in [3.05, 3.63) is 24.5 Å². The maximum Gasteiger partial charge on any atom is 0.211 e. The van der Waals surface area contributed by atoms with Crippen LogP contribution in [0.25, 0.3) is 11.0 Å². The average molecular weight is 189 g/mol. The van der Waals surface area contributed by atoms with E-state index in [0.717, 1.165) is 23.3 Å². The Balaban J connectivity index is 2.51. The van der Waals surface area contributed by atoms with E-state index in [1.54, 1.807) is 6.33 Å². The predicted octanol–water partition coefficient (Wildman–Crippen LogP) is 1.62. The highest BCUT2D eigenvalue weighted by Gasteiger charge is 2.01. The van der Waals surface area contributed by atoms with Crippen molar-refractivity contribution in [2.45, 2.75) is 13.5 Å². The lowest BCUT2D eigenvalue weighted by molar-refractivity contribution is -0.105. The van der Waals surface area contributed by atoms with E-state index in [1.165, 1.54) is 0 Å². The summed E-state index contributed by atoms with van der Waals surface area (Å²) >= 11 is 0. The second-order valence-corrected chi connectivity index (χ2v) is 3.00. The predicted molar refractivity (Wildman–Crippen MR) is 55.1 cm³/mol. The zero-order valence-electron chi connectivity index (χ0n) is 7.90. The van der Waals surface area contributed by atoms with Gasteiger partial charge < -0.3 is 9.88 Å². The van der Waals surface area contributed by atoms with Crippen LogP contribution in [0, 0.1) is 0 Å². The van der Waals surface area contributed by atoms with Gasteiger partial charge in [-0.15, -0.1) is 0 Å². The van der Waals surface area contributed by atoms with Crippen molar-refractivity contribution in [3.63, 3.8) is 0 Å². The standard InChI is InChI=1S/C10H11N3O/c1-2-13-6-11-9-5-8(12-7-14)3-4-10(9)13/h3-7H,2H2,1H3,(H,12,14). The second kappa shape index (κ2) is 3.49. The Morgan fingerprint density at radius 2 is 2.43 bits per heavy atom. The van der Waals surface area contributed by atoms with Gasteiger partial charge in [0.1, 0.15) is 0 Å². The molecular weight excluding hydrogens is 178 g/mol. The Morgan fingerprint density at radius 1 is 1.57 bits per heavy atom. The Morgan fingerprint density at radius 3 is 3.14 bits per heavy atom. The molecule has 0 atom stereocenters. The molecule has 1 amide bonds. The van der Waals surface area contributed by atoms with Crippen LogP contribution < -0.4 is 5.32 Å². The first kappa shape index (κ1) is 8.74. The molecule has 0 saturated heterocycles. The van der Waals surface area contributed by atoms with E-state index in [-0.39, 0.29) is 0 Å². The fraction of sp³-hybridized carbons (Fsp3) is 0.200. The Labute approximate surface area is 81.6 Å². The van der Waals surface area contributed by atoms with Crippen LogP contribution in [0.5, 0.6) is 0 Å². The normalized spacial score (nSPS) is 10.4. The van der Waals surface area contributed by atoms with Crippen molar-refractivity contribution in [1.29, 1.82) is 0 Å². The minimum Gasteiger partial charge on any atom is -0.331 e. The molecule has 72 valence electrons. The average Bonchev–Trinajstić information content (AvgIpc) is 2.60. The van der Waals surface area contributed by atoms with Gasteiger partial charge in [0.2, 0.25) is 6.41 Å². The number of anilines is 1. The zero-order chi connectivity index (χ0) is 9.97. The van der Waals surface area contributed by atoms with Crippen LogP contribution in [-0.2, 0) is 11.3 Å². The number of amides is 1. The first-order chi connectivity index (χ1) is 6.85. The van der Waals surface area contributed by atoms with E-state index < -0.39 is 0 Å². The highest BCUT2D eigenvalue weighted by molar-refractivity contribution is 5.83. The summed E-state index contributed by atoms with van der Waals surface area (Å²) in [4.78, 5) is 14.5. The van der Waals surface area contributed by atoms with Gasteiger partial charge in [0.15, 0.2) is 0 Å². The molecule has 1 heterocycles. The van der Waals surface area contributed by atoms with Gasteiger partial charge >= 0.3 is 0 Å². The number of fused-ring (bicyclic) bond motifs is 1. The van der Waals surface area contributed by atoms with Crippen molar-refractivity contribution in [3.8, 4) is 0 Å². The zero-order valence-corrected chi connectivity index (χ0v) is 7.90. The number of nitrogens with one attached hydrogen (secondary N) is 1. The summed E-state index contributed by atoms with van der Waals surface area (Å²) in [6.45, 7) is 2.97. The number of benzene rings is 1. The smallest absolute Gasteiger partial charge is 0.211 e. The Bertz CT molecular complexity index is 461. The molecule has 4 nitrogen and oxygen atoms in total. The van der Waals surface area contributed by atoms with Crippen LogP contribution >= 0.6 is 0 Å². The van der Waals surface area contributed by atoms with Crippen LogP contribution in [0.4, 0.5) is 5.69 Å². The van der Waals surface area contributed by atoms with Gasteiger partial charge in [-0.2, -0.15) is 0 Å². The summed E-state index contributed by atoms with van der Waals surface area (Å²) in [6, 6.07) is 5.68. The van der Waals surface area contributed by atoms with Gasteiger partial charge in [-0.1, -0.05) is 0 Å². The lowest BCUT2D eigenvalue weighted by Gasteiger charge is -2.00. The molecule has 0 radical (unpaired) electrons. The van der Waals surface area contributed by atoms with Gasteiger partial charge in [-0.05, 0) is 25.1 Å². The molecule has 1 aromatic carbocycles. The SMILES string of the molecule is CCn1cnc2cc(NC=O)ccc21. The van der Waals surface area contributed by atoms with E-state index in [2.05, 4.69) is 21.8 Å². The summed E-state index contributed by atoms with van der Waals surface area (Å²) in [6.07, 6.45) is 2.47. The number of carbonyl (C=O) groups is 1. The molecule has 2 aromatic rings. The van der Waals surface area contributed by atoms with Crippen LogP contribution in [0.3, 0.4) is 0 Å². The summed E-state index contributed by atoms with van der Waals surface area (Å²) in [7, 11) is 0. The Kier molecular flexibility index (Phi) is 2.18. The van der Waals surface area contributed by atoms with E-state index in [1.807, 2.05) is 18.2 Å². The monoisotopic (exact) mass is 189 g/mol. The first-order valence-corrected chi connectivity index (χ1v) is 4.50. The molecule has 0 bridgehead atoms. The van der Waals surface area contributed by atoms with Crippen molar-refractivity contribution in [1.82, 2.24) is 9.55 Å². The topological polar surface area (TPSA) is 46.9 Å². The molecule has 0 aliphatic rings. The molecule has 1 N–H and O–H groups in total. The molecule has 1 aromatic heterocycles. The van der Waals surface area contributed by atoms with Crippen LogP contribution in [0.1, 0.15) is 6.92 Å². The highest BCUT2D eigenvalue weighted by atomic mass is 16.1. The fourth-order valence-electron chi connectivity index (χ4n) is 1.47. The number of carbonyl (C=O) groups excluding carboxylic acids is 1. The van der Waals surface area contributed by atoms with Gasteiger partial charge in [0.05, 0.1) is 17.4 Å². The molecule has 2 rings (SSSR count). The minimum absolute atomic E-state index is 0.665. The first-order valence-electron chi connectivity index (χ1n) is 4.50. The van der Waals surface area contributed by atoms with Crippen LogP contribution in [0.15, 0.2) is 24.5 Å². The Hall–Kier alpha value is -1.84. The number of rotatable bonds is 3. The quantitative estimate of drug-likeness (QED) is 0.746. The number of nitrogens with zero attached hydrogens (tertiary/aromatic N) is 2. The van der Waals surface area contributed by atoms with Crippen LogP contribution in [-0.4, -0.2) is 16.0 Å². The molecule has 14 heavy (non-hydrogen) atoms. The molecule has 0 fully saturated rings. The molecule has 0 unspecified atom stereocenters. The third-order valence-electron chi connectivity index (χ3n) is 2.19. The minimum atomic E-state index is 0.665. The van der Waals surface area contributed by atoms with Gasteiger partial charge in [0.25, 0.3) is 0 Å². The lowest BCUT2D eigenvalue weighted by Crippen LogP contribution is -1.94. The number of hydrogen-bond donors (Lipinski definition) is 1. The van der Waals surface area contributed by atoms with Crippen molar-refractivity contribution in [2.75, 3.05) is 5.32 Å². The molecule has 0 aliphatic carbocycles. The summed E-state index contributed by atoms with van der Waals surface area (Å²) in [5.74, 6) is 0. The largest absolute Gasteiger partial charge is 0.331 e. The fourth-order valence-corrected chi connectivity index (χ4v) is 1.47. The van der Waals surface area contributed by atoms with Crippen molar-refractivity contribution >= 4 is 23.1 Å². The molecule has 4 heteroatoms. The van der Waals surface area contributed by atoms with Crippen LogP contribution in [0.2, 0.25) is 0 Å². The number of hydrogen-bond acceptors (Lipinski definition) is 2. The summed E-state index contributed by atoms with van der Waals surface area (Å²) in [5.41, 5.74) is 2.76. The third-order valence-corrected chi connectivity index (χ3v) is 2.19. The number of imidazole rings is 1. The maximum atomic E-state index is 10.2. The third kappa shape index (κ3) is 1.35. The van der Waals surface area contributed by atoms with Crippen molar-refractivity contribution in [2.24, 2.45) is 0 Å². The molecule has 0 spiro atoms. The second-order valence-electron chi connectivity index (χ2n) is 3.00. The van der Waals surface area contributed by atoms with E-state index >= 15 is 0 Å².